The van der Waals surface area contributed by atoms with Crippen molar-refractivity contribution in [3.8, 4) is 11.3 Å². The molecule has 0 saturated carbocycles. The second kappa shape index (κ2) is 6.67. The number of carbonyl (C=O) groups is 1. The molecule has 2 aromatic rings. The SMILES string of the molecule is Cc1ccc(-c2ccc(C(=O)NC3C=C[S+]([O-])C3)c(=O)[nH]2)cc1C. The van der Waals surface area contributed by atoms with E-state index in [0.717, 1.165) is 11.1 Å². The maximum atomic E-state index is 12.3. The quantitative estimate of drug-likeness (QED) is 0.837. The van der Waals surface area contributed by atoms with Crippen LogP contribution in [-0.2, 0) is 11.2 Å². The average molecular weight is 342 g/mol. The van der Waals surface area contributed by atoms with Gasteiger partial charge in [0.1, 0.15) is 16.7 Å². The summed E-state index contributed by atoms with van der Waals surface area (Å²) in [5.41, 5.74) is 3.49. The molecule has 0 aliphatic carbocycles. The Kier molecular flexibility index (Phi) is 4.59. The van der Waals surface area contributed by atoms with Crippen LogP contribution in [0.4, 0.5) is 0 Å². The topological polar surface area (TPSA) is 85.0 Å². The maximum Gasteiger partial charge on any atom is 0.261 e. The summed E-state index contributed by atoms with van der Waals surface area (Å²) in [6.45, 7) is 4.04. The number of benzene rings is 1. The van der Waals surface area contributed by atoms with Crippen LogP contribution in [0, 0.1) is 13.8 Å². The van der Waals surface area contributed by atoms with Crippen LogP contribution in [0.15, 0.2) is 46.6 Å². The van der Waals surface area contributed by atoms with E-state index in [4.69, 9.17) is 0 Å². The summed E-state index contributed by atoms with van der Waals surface area (Å²) in [5, 5.41) is 4.26. The fraction of sp³-hybridized carbons (Fsp3) is 0.222. The molecule has 0 saturated heterocycles. The Hall–Kier alpha value is -2.31. The number of carbonyl (C=O) groups excluding carboxylic acids is 1. The fourth-order valence-corrected chi connectivity index (χ4v) is 3.56. The van der Waals surface area contributed by atoms with Crippen LogP contribution in [0.1, 0.15) is 21.5 Å². The number of nitrogens with one attached hydrogen (secondary N) is 2. The van der Waals surface area contributed by atoms with Crippen LogP contribution in [0.3, 0.4) is 0 Å². The molecule has 2 atom stereocenters. The van der Waals surface area contributed by atoms with Crippen LogP contribution >= 0.6 is 0 Å². The van der Waals surface area contributed by atoms with E-state index in [1.807, 2.05) is 32.0 Å². The molecule has 1 aromatic heterocycles. The van der Waals surface area contributed by atoms with E-state index in [9.17, 15) is 14.1 Å². The third-order valence-electron chi connectivity index (χ3n) is 4.10. The molecular weight excluding hydrogens is 324 g/mol. The Labute approximate surface area is 143 Å². The predicted molar refractivity (Wildman–Crippen MR) is 95.4 cm³/mol. The molecule has 0 radical (unpaired) electrons. The summed E-state index contributed by atoms with van der Waals surface area (Å²) in [6, 6.07) is 8.88. The first-order valence-corrected chi connectivity index (χ1v) is 8.99. The second-order valence-electron chi connectivity index (χ2n) is 5.87. The summed E-state index contributed by atoms with van der Waals surface area (Å²) in [6.07, 6.45) is 1.69. The summed E-state index contributed by atoms with van der Waals surface area (Å²) in [5.74, 6) is -0.110. The van der Waals surface area contributed by atoms with E-state index in [2.05, 4.69) is 10.3 Å². The molecule has 6 heteroatoms. The van der Waals surface area contributed by atoms with E-state index in [1.54, 1.807) is 17.6 Å². The second-order valence-corrected chi connectivity index (χ2v) is 7.24. The average Bonchev–Trinajstić information content (AvgIpc) is 2.94. The molecule has 1 aromatic carbocycles. The Bertz CT molecular complexity index is 873. The van der Waals surface area contributed by atoms with Crippen molar-refractivity contribution in [1.29, 1.82) is 0 Å². The molecule has 2 N–H and O–H groups in total. The molecule has 3 rings (SSSR count). The molecule has 1 aliphatic rings. The highest BCUT2D eigenvalue weighted by atomic mass is 32.2. The summed E-state index contributed by atoms with van der Waals surface area (Å²) in [4.78, 5) is 27.2. The summed E-state index contributed by atoms with van der Waals surface area (Å²) < 4.78 is 11.3. The molecule has 0 fully saturated rings. The standard InChI is InChI=1S/C18H18N2O3S/c1-11-3-4-13(9-12(11)2)16-6-5-15(18(22)20-16)17(21)19-14-7-8-24(23)10-14/h3-9,14H,10H2,1-2H3,(H,19,21)(H,20,22). The van der Waals surface area contributed by atoms with E-state index < -0.39 is 22.6 Å². The molecule has 24 heavy (non-hydrogen) atoms. The fourth-order valence-electron chi connectivity index (χ4n) is 2.54. The van der Waals surface area contributed by atoms with Crippen molar-refractivity contribution in [2.24, 2.45) is 0 Å². The number of aromatic nitrogens is 1. The first-order valence-electron chi connectivity index (χ1n) is 7.61. The molecule has 5 nitrogen and oxygen atoms in total. The van der Waals surface area contributed by atoms with Gasteiger partial charge in [0.05, 0.1) is 6.04 Å². The van der Waals surface area contributed by atoms with Gasteiger partial charge in [-0.15, -0.1) is 0 Å². The van der Waals surface area contributed by atoms with Crippen molar-refractivity contribution in [3.05, 3.63) is 68.9 Å². The predicted octanol–water partition coefficient (Wildman–Crippen LogP) is 2.03. The lowest BCUT2D eigenvalue weighted by molar-refractivity contribution is 0.0946. The van der Waals surface area contributed by atoms with Crippen LogP contribution < -0.4 is 10.9 Å². The van der Waals surface area contributed by atoms with Crippen molar-refractivity contribution in [2.75, 3.05) is 5.75 Å². The number of pyridine rings is 1. The smallest absolute Gasteiger partial charge is 0.261 e. The molecule has 1 aliphatic heterocycles. The first-order chi connectivity index (χ1) is 11.4. The van der Waals surface area contributed by atoms with Crippen molar-refractivity contribution in [3.63, 3.8) is 0 Å². The van der Waals surface area contributed by atoms with Gasteiger partial charge in [-0.3, -0.25) is 9.59 Å². The molecule has 0 spiro atoms. The van der Waals surface area contributed by atoms with E-state index >= 15 is 0 Å². The number of amides is 1. The summed E-state index contributed by atoms with van der Waals surface area (Å²) in [7, 11) is 0. The van der Waals surface area contributed by atoms with E-state index in [-0.39, 0.29) is 11.6 Å². The Morgan fingerprint density at radius 2 is 2.04 bits per heavy atom. The normalized spacial score (nSPS) is 19.5. The minimum atomic E-state index is -1.05. The Balaban J connectivity index is 1.82. The van der Waals surface area contributed by atoms with Crippen molar-refractivity contribution in [2.45, 2.75) is 19.9 Å². The van der Waals surface area contributed by atoms with Gasteiger partial charge in [0.15, 0.2) is 0 Å². The number of H-pyrrole nitrogens is 1. The van der Waals surface area contributed by atoms with Gasteiger partial charge in [-0.05, 0) is 66.0 Å². The van der Waals surface area contributed by atoms with E-state index in [0.29, 0.717) is 11.4 Å². The maximum absolute atomic E-state index is 12.3. The van der Waals surface area contributed by atoms with E-state index in [1.165, 1.54) is 11.6 Å². The minimum absolute atomic E-state index is 0.0497. The molecular formula is C18H18N2O3S. The van der Waals surface area contributed by atoms with Gasteiger partial charge in [-0.1, -0.05) is 12.1 Å². The highest BCUT2D eigenvalue weighted by molar-refractivity contribution is 7.94. The lowest BCUT2D eigenvalue weighted by Crippen LogP contribution is -2.38. The van der Waals surface area contributed by atoms with Crippen molar-refractivity contribution >= 4 is 17.1 Å². The summed E-state index contributed by atoms with van der Waals surface area (Å²) >= 11 is -1.05. The lowest BCUT2D eigenvalue weighted by atomic mass is 10.0. The van der Waals surface area contributed by atoms with Gasteiger partial charge in [-0.25, -0.2) is 0 Å². The molecule has 2 unspecified atom stereocenters. The highest BCUT2D eigenvalue weighted by Crippen LogP contribution is 2.19. The minimum Gasteiger partial charge on any atom is -0.612 e. The van der Waals surface area contributed by atoms with Crippen LogP contribution in [0.5, 0.6) is 0 Å². The Morgan fingerprint density at radius 3 is 2.67 bits per heavy atom. The zero-order valence-electron chi connectivity index (χ0n) is 13.5. The number of hydrogen-bond acceptors (Lipinski definition) is 3. The number of aromatic amines is 1. The van der Waals surface area contributed by atoms with Crippen LogP contribution in [0.2, 0.25) is 0 Å². The zero-order chi connectivity index (χ0) is 17.3. The molecule has 124 valence electrons. The van der Waals surface area contributed by atoms with Gasteiger partial charge in [0, 0.05) is 5.69 Å². The van der Waals surface area contributed by atoms with Gasteiger partial charge < -0.3 is 14.9 Å². The number of rotatable bonds is 3. The van der Waals surface area contributed by atoms with Gasteiger partial charge in [0.2, 0.25) is 0 Å². The van der Waals surface area contributed by atoms with Crippen molar-refractivity contribution in [1.82, 2.24) is 10.3 Å². The van der Waals surface area contributed by atoms with Crippen molar-refractivity contribution < 1.29 is 9.35 Å². The molecule has 2 heterocycles. The third kappa shape index (κ3) is 3.44. The van der Waals surface area contributed by atoms with Gasteiger partial charge >= 0.3 is 0 Å². The van der Waals surface area contributed by atoms with Crippen LogP contribution in [-0.4, -0.2) is 27.2 Å². The monoisotopic (exact) mass is 342 g/mol. The third-order valence-corrected chi connectivity index (χ3v) is 5.24. The largest absolute Gasteiger partial charge is 0.612 e. The highest BCUT2D eigenvalue weighted by Gasteiger charge is 2.23. The number of hydrogen-bond donors (Lipinski definition) is 2. The molecule has 1 amide bonds. The lowest BCUT2D eigenvalue weighted by Gasteiger charge is -2.10. The first kappa shape index (κ1) is 16.5. The molecule has 0 bridgehead atoms. The van der Waals surface area contributed by atoms with Gasteiger partial charge in [-0.2, -0.15) is 0 Å². The zero-order valence-corrected chi connectivity index (χ0v) is 14.3. The number of aryl methyl sites for hydroxylation is 2. The Morgan fingerprint density at radius 1 is 1.25 bits per heavy atom. The van der Waals surface area contributed by atoms with Gasteiger partial charge in [0.25, 0.3) is 11.5 Å². The van der Waals surface area contributed by atoms with Crippen LogP contribution in [0.25, 0.3) is 11.3 Å².